The molecule has 6 nitrogen and oxygen atoms in total. The molecule has 0 unspecified atom stereocenters. The molecule has 0 aliphatic carbocycles. The third-order valence-corrected chi connectivity index (χ3v) is 2.37. The van der Waals surface area contributed by atoms with Crippen molar-refractivity contribution < 1.29 is 19.4 Å². The van der Waals surface area contributed by atoms with Crippen LogP contribution in [0.25, 0.3) is 0 Å². The van der Waals surface area contributed by atoms with Crippen molar-refractivity contribution >= 4 is 17.7 Å². The van der Waals surface area contributed by atoms with Crippen molar-refractivity contribution in [1.29, 1.82) is 0 Å². The average molecular weight is 262 g/mol. The van der Waals surface area contributed by atoms with E-state index in [0.29, 0.717) is 5.75 Å². The van der Waals surface area contributed by atoms with Crippen molar-refractivity contribution in [2.45, 2.75) is 0 Å². The molecule has 0 atom stereocenters. The van der Waals surface area contributed by atoms with E-state index < -0.39 is 12.0 Å². The van der Waals surface area contributed by atoms with Crippen LogP contribution in [0, 0.1) is 12.3 Å². The van der Waals surface area contributed by atoms with Gasteiger partial charge in [-0.05, 0) is 12.1 Å². The number of rotatable bonds is 4. The molecule has 6 heteroatoms. The van der Waals surface area contributed by atoms with Crippen molar-refractivity contribution in [2.24, 2.45) is 0 Å². The number of terminal acetylenes is 1. The summed E-state index contributed by atoms with van der Waals surface area (Å²) < 4.78 is 4.99. The number of carbonyl (C=O) groups is 2. The van der Waals surface area contributed by atoms with Crippen LogP contribution in [0.4, 0.5) is 10.5 Å². The Bertz CT molecular complexity index is 534. The van der Waals surface area contributed by atoms with E-state index in [1.54, 1.807) is 0 Å². The molecule has 19 heavy (non-hydrogen) atoms. The molecule has 0 aliphatic heterocycles. The van der Waals surface area contributed by atoms with E-state index in [2.05, 4.69) is 11.2 Å². The lowest BCUT2D eigenvalue weighted by Gasteiger charge is -2.16. The Balaban J connectivity index is 3.01. The van der Waals surface area contributed by atoms with Gasteiger partial charge in [0.25, 0.3) is 0 Å². The van der Waals surface area contributed by atoms with Crippen LogP contribution >= 0.6 is 0 Å². The van der Waals surface area contributed by atoms with E-state index in [1.807, 2.05) is 0 Å². The maximum atomic E-state index is 11.8. The molecule has 0 saturated heterocycles. The Morgan fingerprint density at radius 3 is 2.74 bits per heavy atom. The molecule has 0 fully saturated rings. The van der Waals surface area contributed by atoms with Crippen LogP contribution < -0.4 is 10.1 Å². The normalized spacial score (nSPS) is 9.32. The number of methoxy groups -OCH3 is 1. The molecule has 0 radical (unpaired) electrons. The van der Waals surface area contributed by atoms with Gasteiger partial charge in [-0.15, -0.1) is 6.42 Å². The topological polar surface area (TPSA) is 78.9 Å². The molecule has 0 aromatic heterocycles. The number of benzene rings is 1. The Morgan fingerprint density at radius 2 is 2.21 bits per heavy atom. The third-order valence-electron chi connectivity index (χ3n) is 2.37. The zero-order valence-corrected chi connectivity index (χ0v) is 10.6. The molecule has 1 aromatic carbocycles. The second-order valence-electron chi connectivity index (χ2n) is 3.71. The van der Waals surface area contributed by atoms with E-state index in [1.165, 1.54) is 37.3 Å². The van der Waals surface area contributed by atoms with Crippen LogP contribution in [0.1, 0.15) is 10.4 Å². The van der Waals surface area contributed by atoms with Gasteiger partial charge in [0.05, 0.1) is 24.9 Å². The number of carboxylic acid groups (broad SMARTS) is 1. The smallest absolute Gasteiger partial charge is 0.337 e. The number of nitrogens with zero attached hydrogens (tertiary/aromatic N) is 1. The highest BCUT2D eigenvalue weighted by atomic mass is 16.5. The van der Waals surface area contributed by atoms with Gasteiger partial charge in [-0.25, -0.2) is 9.59 Å². The third kappa shape index (κ3) is 3.64. The quantitative estimate of drug-likeness (QED) is 0.806. The van der Waals surface area contributed by atoms with E-state index in [4.69, 9.17) is 16.3 Å². The van der Waals surface area contributed by atoms with Gasteiger partial charge in [-0.3, -0.25) is 0 Å². The summed E-state index contributed by atoms with van der Waals surface area (Å²) in [5, 5.41) is 11.5. The van der Waals surface area contributed by atoms with E-state index in [0.717, 1.165) is 0 Å². The van der Waals surface area contributed by atoms with Crippen LogP contribution in [0.5, 0.6) is 5.75 Å². The fourth-order valence-corrected chi connectivity index (χ4v) is 1.36. The van der Waals surface area contributed by atoms with Gasteiger partial charge in [0.2, 0.25) is 0 Å². The number of urea groups is 1. The Hall–Kier alpha value is -2.68. The average Bonchev–Trinajstić information content (AvgIpc) is 2.38. The lowest BCUT2D eigenvalue weighted by atomic mass is 10.1. The number of hydrogen-bond donors (Lipinski definition) is 2. The molecule has 2 N–H and O–H groups in total. The van der Waals surface area contributed by atoms with Crippen molar-refractivity contribution in [3.8, 4) is 18.1 Å². The lowest BCUT2D eigenvalue weighted by molar-refractivity contribution is 0.0698. The second kappa shape index (κ2) is 6.31. The molecule has 0 spiro atoms. The molecule has 2 amide bonds. The minimum absolute atomic E-state index is 0.0248. The summed E-state index contributed by atoms with van der Waals surface area (Å²) in [5.41, 5.74) is 0.129. The van der Waals surface area contributed by atoms with Gasteiger partial charge in [0.1, 0.15) is 5.75 Å². The monoisotopic (exact) mass is 262 g/mol. The van der Waals surface area contributed by atoms with Gasteiger partial charge in [0, 0.05) is 13.1 Å². The molecular formula is C13H14N2O4. The standard InChI is InChI=1S/C13H14N2O4/c1-4-7-15(2)13(18)14-11-8-9(19-3)5-6-10(11)12(16)17/h1,5-6,8H,7H2,2-3H3,(H,14,18)(H,16,17). The predicted octanol–water partition coefficient (Wildman–Crippen LogP) is 1.49. The van der Waals surface area contributed by atoms with Crippen molar-refractivity contribution in [2.75, 3.05) is 26.0 Å². The first kappa shape index (κ1) is 14.4. The lowest BCUT2D eigenvalue weighted by Crippen LogP contribution is -2.32. The largest absolute Gasteiger partial charge is 0.497 e. The molecular weight excluding hydrogens is 248 g/mol. The van der Waals surface area contributed by atoms with Crippen LogP contribution in [-0.4, -0.2) is 42.7 Å². The van der Waals surface area contributed by atoms with Crippen molar-refractivity contribution in [1.82, 2.24) is 4.90 Å². The highest BCUT2D eigenvalue weighted by Gasteiger charge is 2.15. The second-order valence-corrected chi connectivity index (χ2v) is 3.71. The van der Waals surface area contributed by atoms with Crippen LogP contribution in [-0.2, 0) is 0 Å². The van der Waals surface area contributed by atoms with Gasteiger partial charge in [0.15, 0.2) is 0 Å². The molecule has 1 rings (SSSR count). The summed E-state index contributed by atoms with van der Waals surface area (Å²) in [7, 11) is 2.96. The van der Waals surface area contributed by atoms with Gasteiger partial charge >= 0.3 is 12.0 Å². The minimum Gasteiger partial charge on any atom is -0.497 e. The first-order valence-electron chi connectivity index (χ1n) is 5.36. The predicted molar refractivity (Wildman–Crippen MR) is 70.4 cm³/mol. The fourth-order valence-electron chi connectivity index (χ4n) is 1.36. The van der Waals surface area contributed by atoms with Gasteiger partial charge < -0.3 is 20.1 Å². The Morgan fingerprint density at radius 1 is 1.53 bits per heavy atom. The van der Waals surface area contributed by atoms with Crippen LogP contribution in [0.2, 0.25) is 0 Å². The number of aromatic carboxylic acids is 1. The van der Waals surface area contributed by atoms with Gasteiger partial charge in [-0.2, -0.15) is 0 Å². The SMILES string of the molecule is C#CCN(C)C(=O)Nc1cc(OC)ccc1C(=O)O. The summed E-state index contributed by atoms with van der Waals surface area (Å²) in [4.78, 5) is 24.1. The van der Waals surface area contributed by atoms with E-state index >= 15 is 0 Å². The molecule has 0 saturated carbocycles. The Kier molecular flexibility index (Phi) is 4.77. The summed E-state index contributed by atoms with van der Waals surface area (Å²) >= 11 is 0. The van der Waals surface area contributed by atoms with E-state index in [-0.39, 0.29) is 17.8 Å². The number of carboxylic acids is 1. The summed E-state index contributed by atoms with van der Waals surface area (Å²) in [6.07, 6.45) is 5.10. The Labute approximate surface area is 111 Å². The van der Waals surface area contributed by atoms with Crippen molar-refractivity contribution in [3.63, 3.8) is 0 Å². The summed E-state index contributed by atoms with van der Waals surface area (Å²) in [6, 6.07) is 3.81. The minimum atomic E-state index is -1.14. The molecule has 0 aliphatic rings. The first-order chi connectivity index (χ1) is 8.99. The zero-order chi connectivity index (χ0) is 14.4. The van der Waals surface area contributed by atoms with Crippen LogP contribution in [0.3, 0.4) is 0 Å². The highest BCUT2D eigenvalue weighted by Crippen LogP contribution is 2.22. The highest BCUT2D eigenvalue weighted by molar-refractivity contribution is 6.00. The molecule has 1 aromatic rings. The molecule has 0 heterocycles. The number of carbonyl (C=O) groups excluding carboxylic acids is 1. The first-order valence-corrected chi connectivity index (χ1v) is 5.36. The molecule has 100 valence electrons. The van der Waals surface area contributed by atoms with Gasteiger partial charge in [-0.1, -0.05) is 5.92 Å². The summed E-state index contributed by atoms with van der Waals surface area (Å²) in [5.74, 6) is 1.62. The number of hydrogen-bond acceptors (Lipinski definition) is 3. The summed E-state index contributed by atoms with van der Waals surface area (Å²) in [6.45, 7) is 0.123. The number of anilines is 1. The van der Waals surface area contributed by atoms with Crippen molar-refractivity contribution in [3.05, 3.63) is 23.8 Å². The number of ether oxygens (including phenoxy) is 1. The fraction of sp³-hybridized carbons (Fsp3) is 0.231. The van der Waals surface area contributed by atoms with E-state index in [9.17, 15) is 9.59 Å². The molecule has 0 bridgehead atoms. The van der Waals surface area contributed by atoms with Crippen LogP contribution in [0.15, 0.2) is 18.2 Å². The zero-order valence-electron chi connectivity index (χ0n) is 10.6. The maximum Gasteiger partial charge on any atom is 0.337 e. The number of nitrogens with one attached hydrogen (secondary N) is 1. The number of amides is 2. The maximum absolute atomic E-state index is 11.8.